The van der Waals surface area contributed by atoms with Crippen molar-refractivity contribution in [1.29, 1.82) is 0 Å². The molecule has 0 radical (unpaired) electrons. The first-order valence-electron chi connectivity index (χ1n) is 12.3. The molecule has 0 spiro atoms. The Morgan fingerprint density at radius 2 is 1.66 bits per heavy atom. The van der Waals surface area contributed by atoms with Crippen LogP contribution < -0.4 is 4.74 Å². The molecule has 0 amide bonds. The van der Waals surface area contributed by atoms with Gasteiger partial charge in [-0.3, -0.25) is 0 Å². The summed E-state index contributed by atoms with van der Waals surface area (Å²) < 4.78 is 54.9. The molecule has 0 saturated carbocycles. The molecule has 5 heteroatoms. The van der Waals surface area contributed by atoms with Crippen LogP contribution in [0.3, 0.4) is 0 Å². The van der Waals surface area contributed by atoms with Crippen molar-refractivity contribution in [3.63, 3.8) is 0 Å². The van der Waals surface area contributed by atoms with Crippen LogP contribution in [-0.4, -0.2) is 19.3 Å². The predicted octanol–water partition coefficient (Wildman–Crippen LogP) is 8.46. The second kappa shape index (κ2) is 11.6. The summed E-state index contributed by atoms with van der Waals surface area (Å²) in [6.07, 6.45) is 8.30. The molecule has 0 aromatic heterocycles. The molecule has 2 atom stereocenters. The highest BCUT2D eigenvalue weighted by Gasteiger charge is 2.25. The van der Waals surface area contributed by atoms with Crippen LogP contribution in [-0.2, 0) is 4.74 Å². The molecule has 1 aliphatic heterocycles. The highest BCUT2D eigenvalue weighted by atomic mass is 19.2. The minimum atomic E-state index is -0.998. The van der Waals surface area contributed by atoms with Gasteiger partial charge in [0.2, 0.25) is 5.82 Å². The fourth-order valence-corrected chi connectivity index (χ4v) is 4.63. The molecule has 1 fully saturated rings. The van der Waals surface area contributed by atoms with Gasteiger partial charge < -0.3 is 9.47 Å². The third-order valence-corrected chi connectivity index (χ3v) is 6.58. The Morgan fingerprint density at radius 3 is 2.31 bits per heavy atom. The summed E-state index contributed by atoms with van der Waals surface area (Å²) in [6.45, 7) is 4.52. The first-order valence-corrected chi connectivity index (χ1v) is 12.3. The van der Waals surface area contributed by atoms with Gasteiger partial charge in [-0.15, -0.1) is 0 Å². The number of rotatable bonds is 8. The van der Waals surface area contributed by atoms with Gasteiger partial charge >= 0.3 is 0 Å². The van der Waals surface area contributed by atoms with E-state index in [9.17, 15) is 8.78 Å². The maximum absolute atomic E-state index is 15.0. The van der Waals surface area contributed by atoms with E-state index in [1.165, 1.54) is 12.1 Å². The summed E-state index contributed by atoms with van der Waals surface area (Å²) in [6, 6.07) is 15.2. The summed E-state index contributed by atoms with van der Waals surface area (Å²) in [4.78, 5) is 0. The van der Waals surface area contributed by atoms with Crippen LogP contribution in [0.25, 0.3) is 22.3 Å². The third-order valence-electron chi connectivity index (χ3n) is 6.58. The molecule has 1 heterocycles. The average Bonchev–Trinajstić information content (AvgIpc) is 2.88. The standard InChI is InChI=1S/C30H31F3O2/c1-3-5-6-7-24-14-12-23(19-35-24)25-15-13-22(18-27(25)31)20-8-10-21(11-9-20)26-16-17-28(34-4-2)30(33)29(26)32/h3,5,8-11,13,15-18,23-24H,4,6-7,12,14,19H2,1-2H3. The Bertz CT molecular complexity index is 1160. The maximum Gasteiger partial charge on any atom is 0.201 e. The van der Waals surface area contributed by atoms with Crippen LogP contribution in [0.4, 0.5) is 13.2 Å². The second-order valence-corrected chi connectivity index (χ2v) is 8.86. The SMILES string of the molecule is CC=CCCC1CCC(c2ccc(-c3ccc(-c4ccc(OCC)c(F)c4F)cc3)cc2F)CO1. The Balaban J connectivity index is 1.45. The van der Waals surface area contributed by atoms with Crippen LogP contribution in [0.5, 0.6) is 5.75 Å². The van der Waals surface area contributed by atoms with Crippen LogP contribution >= 0.6 is 0 Å². The average molecular weight is 481 g/mol. The Kier molecular flexibility index (Phi) is 8.29. The molecular weight excluding hydrogens is 449 g/mol. The quantitative estimate of drug-likeness (QED) is 0.301. The molecule has 1 saturated heterocycles. The van der Waals surface area contributed by atoms with Crippen molar-refractivity contribution in [2.24, 2.45) is 0 Å². The fourth-order valence-electron chi connectivity index (χ4n) is 4.63. The van der Waals surface area contributed by atoms with Gasteiger partial charge in [-0.1, -0.05) is 48.6 Å². The molecule has 2 nitrogen and oxygen atoms in total. The smallest absolute Gasteiger partial charge is 0.201 e. The summed E-state index contributed by atoms with van der Waals surface area (Å²) in [5, 5.41) is 0. The van der Waals surface area contributed by atoms with Crippen molar-refractivity contribution in [2.45, 2.75) is 51.6 Å². The number of hydrogen-bond donors (Lipinski definition) is 0. The van der Waals surface area contributed by atoms with E-state index in [1.54, 1.807) is 37.3 Å². The zero-order valence-electron chi connectivity index (χ0n) is 20.2. The van der Waals surface area contributed by atoms with Gasteiger partial charge in [-0.25, -0.2) is 8.78 Å². The molecule has 0 N–H and O–H groups in total. The van der Waals surface area contributed by atoms with Crippen LogP contribution in [0.1, 0.15) is 51.0 Å². The molecule has 0 aliphatic carbocycles. The van der Waals surface area contributed by atoms with Gasteiger partial charge in [-0.05, 0) is 80.0 Å². The number of allylic oxidation sites excluding steroid dienone is 2. The van der Waals surface area contributed by atoms with Crippen molar-refractivity contribution in [1.82, 2.24) is 0 Å². The zero-order chi connectivity index (χ0) is 24.8. The van der Waals surface area contributed by atoms with E-state index in [2.05, 4.69) is 6.08 Å². The topological polar surface area (TPSA) is 18.5 Å². The highest BCUT2D eigenvalue weighted by molar-refractivity contribution is 5.71. The van der Waals surface area contributed by atoms with Gasteiger partial charge in [-0.2, -0.15) is 4.39 Å². The minimum Gasteiger partial charge on any atom is -0.491 e. The first-order chi connectivity index (χ1) is 17.0. The first kappa shape index (κ1) is 25.1. The Labute approximate surface area is 205 Å². The van der Waals surface area contributed by atoms with E-state index < -0.39 is 11.6 Å². The lowest BCUT2D eigenvalue weighted by atomic mass is 9.89. The van der Waals surface area contributed by atoms with Gasteiger partial charge in [0.25, 0.3) is 0 Å². The van der Waals surface area contributed by atoms with Crippen molar-refractivity contribution in [3.05, 3.63) is 89.8 Å². The van der Waals surface area contributed by atoms with Gasteiger partial charge in [0.15, 0.2) is 11.6 Å². The lowest BCUT2D eigenvalue weighted by Gasteiger charge is -2.29. The number of halogens is 3. The molecule has 35 heavy (non-hydrogen) atoms. The summed E-state index contributed by atoms with van der Waals surface area (Å²) >= 11 is 0. The number of ether oxygens (including phenoxy) is 2. The summed E-state index contributed by atoms with van der Waals surface area (Å²) in [5.41, 5.74) is 2.91. The maximum atomic E-state index is 15.0. The lowest BCUT2D eigenvalue weighted by Crippen LogP contribution is -2.25. The summed E-state index contributed by atoms with van der Waals surface area (Å²) in [5.74, 6) is -2.23. The molecule has 3 aromatic rings. The van der Waals surface area contributed by atoms with Gasteiger partial charge in [0.1, 0.15) is 5.82 Å². The molecule has 1 aliphatic rings. The number of hydrogen-bond acceptors (Lipinski definition) is 2. The Hall–Kier alpha value is -3.05. The van der Waals surface area contributed by atoms with Gasteiger partial charge in [0, 0.05) is 11.5 Å². The van der Waals surface area contributed by atoms with Crippen molar-refractivity contribution >= 4 is 0 Å². The minimum absolute atomic E-state index is 0.0573. The molecule has 4 rings (SSSR count). The second-order valence-electron chi connectivity index (χ2n) is 8.86. The van der Waals surface area contributed by atoms with E-state index in [0.29, 0.717) is 17.7 Å². The highest BCUT2D eigenvalue weighted by Crippen LogP contribution is 2.34. The van der Waals surface area contributed by atoms with Gasteiger partial charge in [0.05, 0.1) is 19.3 Å². The van der Waals surface area contributed by atoms with Crippen molar-refractivity contribution in [2.75, 3.05) is 13.2 Å². The molecule has 2 unspecified atom stereocenters. The van der Waals surface area contributed by atoms with E-state index >= 15 is 4.39 Å². The molecular formula is C30H31F3O2. The van der Waals surface area contributed by atoms with Crippen LogP contribution in [0.15, 0.2) is 66.7 Å². The van der Waals surface area contributed by atoms with Crippen molar-refractivity contribution < 1.29 is 22.6 Å². The largest absolute Gasteiger partial charge is 0.491 e. The van der Waals surface area contributed by atoms with E-state index in [0.717, 1.165) is 36.8 Å². The summed E-state index contributed by atoms with van der Waals surface area (Å²) in [7, 11) is 0. The monoisotopic (exact) mass is 480 g/mol. The van der Waals surface area contributed by atoms with Crippen LogP contribution in [0, 0.1) is 17.5 Å². The zero-order valence-corrected chi connectivity index (χ0v) is 20.2. The molecule has 184 valence electrons. The fraction of sp³-hybridized carbons (Fsp3) is 0.333. The van der Waals surface area contributed by atoms with E-state index in [1.807, 2.05) is 25.1 Å². The van der Waals surface area contributed by atoms with Crippen molar-refractivity contribution in [3.8, 4) is 28.0 Å². The normalized spacial score (nSPS) is 18.2. The number of benzene rings is 3. The molecule has 0 bridgehead atoms. The van der Waals surface area contributed by atoms with E-state index in [4.69, 9.17) is 9.47 Å². The predicted molar refractivity (Wildman–Crippen MR) is 134 cm³/mol. The third kappa shape index (κ3) is 5.79. The van der Waals surface area contributed by atoms with E-state index in [-0.39, 0.29) is 35.8 Å². The lowest BCUT2D eigenvalue weighted by molar-refractivity contribution is -0.000797. The Morgan fingerprint density at radius 1 is 0.914 bits per heavy atom. The van der Waals surface area contributed by atoms with Crippen LogP contribution in [0.2, 0.25) is 0 Å². The molecule has 3 aromatic carbocycles.